The molecule has 0 N–H and O–H groups in total. The van der Waals surface area contributed by atoms with E-state index in [0.717, 1.165) is 96.2 Å². The Labute approximate surface area is 335 Å². The molecular formula is C45H36S6. The van der Waals surface area contributed by atoms with Crippen LogP contribution in [0.5, 0.6) is 0 Å². The minimum Gasteiger partial charge on any atom is -0.148 e. The van der Waals surface area contributed by atoms with Crippen LogP contribution in [-0.2, 0) is 0 Å². The van der Waals surface area contributed by atoms with Gasteiger partial charge in [0.1, 0.15) is 0 Å². The van der Waals surface area contributed by atoms with E-state index in [9.17, 15) is 0 Å². The summed E-state index contributed by atoms with van der Waals surface area (Å²) in [4.78, 5) is 5.22. The molecule has 0 saturated carbocycles. The van der Waals surface area contributed by atoms with Crippen LogP contribution in [0.15, 0.2) is 163 Å². The summed E-state index contributed by atoms with van der Waals surface area (Å²) >= 11 is 27.7. The number of rotatable bonds is 8. The van der Waals surface area contributed by atoms with Gasteiger partial charge in [-0.2, -0.15) is 0 Å². The summed E-state index contributed by atoms with van der Waals surface area (Å²) in [5.41, 5.74) is 13.0. The van der Waals surface area contributed by atoms with E-state index in [1.54, 1.807) is 0 Å². The Morgan fingerprint density at radius 2 is 0.941 bits per heavy atom. The minimum atomic E-state index is -0.250. The highest BCUT2D eigenvalue weighted by Crippen LogP contribution is 2.38. The molecular weight excluding hydrogens is 733 g/mol. The van der Waals surface area contributed by atoms with Crippen molar-refractivity contribution in [2.24, 2.45) is 0 Å². The Morgan fingerprint density at radius 3 is 1.39 bits per heavy atom. The molecule has 0 bridgehead atoms. The molecule has 0 aliphatic rings. The molecule has 1 atom stereocenters. The summed E-state index contributed by atoms with van der Waals surface area (Å²) < 4.78 is 0. The van der Waals surface area contributed by atoms with E-state index < -0.39 is 0 Å². The van der Waals surface area contributed by atoms with Gasteiger partial charge >= 0.3 is 0 Å². The highest BCUT2D eigenvalue weighted by Gasteiger charge is 2.13. The summed E-state index contributed by atoms with van der Waals surface area (Å²) in [7, 11) is 0. The normalized spacial score (nSPS) is 12.5. The molecule has 0 heterocycles. The van der Waals surface area contributed by atoms with Crippen LogP contribution in [0, 0.1) is 19.3 Å². The first-order chi connectivity index (χ1) is 24.5. The van der Waals surface area contributed by atoms with Crippen molar-refractivity contribution < 1.29 is 0 Å². The zero-order valence-electron chi connectivity index (χ0n) is 28.0. The molecule has 0 aliphatic heterocycles. The largest absolute Gasteiger partial charge is 0.148 e. The molecule has 51 heavy (non-hydrogen) atoms. The van der Waals surface area contributed by atoms with Crippen LogP contribution in [0.1, 0.15) is 24.0 Å². The van der Waals surface area contributed by atoms with Gasteiger partial charge in [0, 0.05) is 24.5 Å². The van der Waals surface area contributed by atoms with Gasteiger partial charge < -0.3 is 0 Å². The highest BCUT2D eigenvalue weighted by atomic mass is 32.1. The van der Waals surface area contributed by atoms with E-state index in [-0.39, 0.29) is 5.92 Å². The number of terminal acetylenes is 1. The van der Waals surface area contributed by atoms with E-state index in [1.165, 1.54) is 0 Å². The molecule has 0 nitrogen and oxygen atoms in total. The molecule has 252 valence electrons. The van der Waals surface area contributed by atoms with E-state index >= 15 is 0 Å². The third-order valence-electron chi connectivity index (χ3n) is 8.70. The predicted molar refractivity (Wildman–Crippen MR) is 239 cm³/mol. The van der Waals surface area contributed by atoms with Gasteiger partial charge in [-0.15, -0.1) is 82.2 Å². The summed E-state index contributed by atoms with van der Waals surface area (Å²) in [6, 6.07) is 42.7. The molecule has 0 spiro atoms. The fraction of sp³-hybridized carbons (Fsp3) is 0.0667. The lowest BCUT2D eigenvalue weighted by molar-refractivity contribution is 1.12. The van der Waals surface area contributed by atoms with Crippen molar-refractivity contribution in [2.75, 3.05) is 0 Å². The van der Waals surface area contributed by atoms with Crippen LogP contribution in [0.4, 0.5) is 0 Å². The fourth-order valence-electron chi connectivity index (χ4n) is 6.08. The van der Waals surface area contributed by atoms with Crippen LogP contribution in [0.25, 0.3) is 55.6 Å². The van der Waals surface area contributed by atoms with Crippen LogP contribution in [0.3, 0.4) is 0 Å². The van der Waals surface area contributed by atoms with Gasteiger partial charge in [-0.3, -0.25) is 0 Å². The van der Waals surface area contributed by atoms with Gasteiger partial charge in [0.05, 0.1) is 5.92 Å². The maximum atomic E-state index is 6.06. The SMILES string of the molecule is C#CC(/C=C(S)\C=C(/C)S)c1cccc(-c2cc(-c3cccc(-c4cc(S)cc(S)c4)c3)cc(-c3cccc(-c4cc(S)c(C)c(S)c4)c3)c2)c1. The van der Waals surface area contributed by atoms with Gasteiger partial charge in [0.15, 0.2) is 0 Å². The van der Waals surface area contributed by atoms with Crippen LogP contribution in [0.2, 0.25) is 0 Å². The molecule has 0 amide bonds. The Hall–Kier alpha value is -3.54. The minimum absolute atomic E-state index is 0.250. The third-order valence-corrected chi connectivity index (χ3v) is 10.6. The molecule has 0 saturated heterocycles. The maximum Gasteiger partial charge on any atom is 0.0643 e. The van der Waals surface area contributed by atoms with Crippen LogP contribution >= 0.6 is 75.8 Å². The lowest BCUT2D eigenvalue weighted by atomic mass is 9.89. The smallest absolute Gasteiger partial charge is 0.0643 e. The molecule has 6 aromatic rings. The zero-order chi connectivity index (χ0) is 36.2. The van der Waals surface area contributed by atoms with E-state index in [0.29, 0.717) is 0 Å². The molecule has 6 rings (SSSR count). The number of thiol groups is 6. The lowest BCUT2D eigenvalue weighted by Gasteiger charge is -2.15. The third kappa shape index (κ3) is 9.10. The second-order valence-electron chi connectivity index (χ2n) is 12.5. The quantitative estimate of drug-likeness (QED) is 0.0496. The Bertz CT molecular complexity index is 2330. The number of benzene rings is 6. The maximum absolute atomic E-state index is 6.06. The monoisotopic (exact) mass is 768 g/mol. The van der Waals surface area contributed by atoms with Crippen LogP contribution < -0.4 is 0 Å². The number of hydrogen-bond acceptors (Lipinski definition) is 6. The summed E-state index contributed by atoms with van der Waals surface area (Å²) in [6.45, 7) is 3.95. The second kappa shape index (κ2) is 16.4. The molecule has 0 aromatic heterocycles. The van der Waals surface area contributed by atoms with Gasteiger partial charge in [-0.1, -0.05) is 66.6 Å². The Morgan fingerprint density at radius 1 is 0.549 bits per heavy atom. The molecule has 1 unspecified atom stereocenters. The first kappa shape index (κ1) is 37.2. The Kier molecular flexibility index (Phi) is 12.0. The first-order valence-corrected chi connectivity index (χ1v) is 18.9. The lowest BCUT2D eigenvalue weighted by Crippen LogP contribution is -1.94. The van der Waals surface area contributed by atoms with E-state index in [1.807, 2.05) is 32.1 Å². The zero-order valence-corrected chi connectivity index (χ0v) is 33.4. The molecule has 6 heteroatoms. The van der Waals surface area contributed by atoms with E-state index in [4.69, 9.17) is 31.7 Å². The molecule has 0 aliphatic carbocycles. The molecule has 0 radical (unpaired) electrons. The molecule has 0 fully saturated rings. The second-order valence-corrected chi connectivity index (χ2v) is 15.7. The van der Waals surface area contributed by atoms with Gasteiger partial charge in [0.25, 0.3) is 0 Å². The van der Waals surface area contributed by atoms with Crippen molar-refractivity contribution in [2.45, 2.75) is 39.3 Å². The van der Waals surface area contributed by atoms with E-state index in [2.05, 4.69) is 172 Å². The average Bonchev–Trinajstić information content (AvgIpc) is 3.12. The Balaban J connectivity index is 1.51. The number of allylic oxidation sites excluding steroid dienone is 3. The van der Waals surface area contributed by atoms with Crippen molar-refractivity contribution in [3.63, 3.8) is 0 Å². The van der Waals surface area contributed by atoms with Gasteiger partial charge in [-0.25, -0.2) is 0 Å². The van der Waals surface area contributed by atoms with Crippen molar-refractivity contribution in [1.29, 1.82) is 0 Å². The fourth-order valence-corrected chi connectivity index (χ4v) is 7.93. The standard InChI is InChI=1S/C45H36S6/c1-4-29(21-41(47)14-27(2)46)30-8-5-9-31(15-30)36-18-37(32-10-6-12-34(16-32)39-22-42(48)26-43(49)23-39)20-38(19-36)33-11-7-13-35(17-33)40-24-44(50)28(3)45(51)25-40/h1,5-26,29,46-51H,2-3H3/b27-14+,41-21+. The predicted octanol–water partition coefficient (Wildman–Crippen LogP) is 13.8. The van der Waals surface area contributed by atoms with Crippen molar-refractivity contribution in [3.8, 4) is 68.0 Å². The van der Waals surface area contributed by atoms with Crippen molar-refractivity contribution in [1.82, 2.24) is 0 Å². The van der Waals surface area contributed by atoms with Crippen molar-refractivity contribution >= 4 is 75.8 Å². The summed E-state index contributed by atoms with van der Waals surface area (Å²) in [5.74, 6) is 2.69. The van der Waals surface area contributed by atoms with Gasteiger partial charge in [-0.05, 0) is 158 Å². The first-order valence-electron chi connectivity index (χ1n) is 16.2. The van der Waals surface area contributed by atoms with Crippen LogP contribution in [-0.4, -0.2) is 0 Å². The highest BCUT2D eigenvalue weighted by molar-refractivity contribution is 7.85. The number of hydrogen-bond donors (Lipinski definition) is 6. The average molecular weight is 769 g/mol. The summed E-state index contributed by atoms with van der Waals surface area (Å²) in [5, 5.41) is 0. The van der Waals surface area contributed by atoms with Crippen molar-refractivity contribution in [3.05, 3.63) is 154 Å². The topological polar surface area (TPSA) is 0 Å². The van der Waals surface area contributed by atoms with Gasteiger partial charge in [0.2, 0.25) is 0 Å². The molecule has 6 aromatic carbocycles. The summed E-state index contributed by atoms with van der Waals surface area (Å²) in [6.07, 6.45) is 9.93.